The lowest BCUT2D eigenvalue weighted by Crippen LogP contribution is -1.90. The van der Waals surface area contributed by atoms with E-state index in [0.29, 0.717) is 5.56 Å². The van der Waals surface area contributed by atoms with E-state index in [-0.39, 0.29) is 0 Å². The number of benzene rings is 7. The van der Waals surface area contributed by atoms with E-state index >= 15 is 0 Å². The fraction of sp³-hybridized carbons (Fsp3) is 0. The second-order valence-corrected chi connectivity index (χ2v) is 10.7. The lowest BCUT2D eigenvalue weighted by molar-refractivity contribution is 1.48. The Morgan fingerprint density at radius 2 is 0.786 bits per heavy atom. The molecular weight excluding hydrogens is 506 g/mol. The maximum Gasteiger partial charge on any atom is 0.0998 e. The summed E-state index contributed by atoms with van der Waals surface area (Å²) >= 11 is 0. The van der Waals surface area contributed by atoms with Crippen molar-refractivity contribution in [3.63, 3.8) is 0 Å². The molecule has 0 amide bonds. The van der Waals surface area contributed by atoms with E-state index in [0.717, 1.165) is 16.7 Å². The quantitative estimate of drug-likeness (QED) is 0.222. The first-order chi connectivity index (χ1) is 20.8. The summed E-state index contributed by atoms with van der Waals surface area (Å²) in [6, 6.07) is 56.0. The van der Waals surface area contributed by atoms with Crippen LogP contribution < -0.4 is 0 Å². The van der Waals surface area contributed by atoms with Crippen molar-refractivity contribution in [3.05, 3.63) is 157 Å². The van der Waals surface area contributed by atoms with Crippen molar-refractivity contribution in [2.24, 2.45) is 0 Å². The molecule has 7 aromatic carbocycles. The Kier molecular flexibility index (Phi) is 5.59. The van der Waals surface area contributed by atoms with Gasteiger partial charge in [-0.2, -0.15) is 5.26 Å². The van der Waals surface area contributed by atoms with Gasteiger partial charge in [-0.05, 0) is 78.0 Å². The molecule has 0 aliphatic heterocycles. The molecule has 0 unspecified atom stereocenters. The van der Waals surface area contributed by atoms with Crippen molar-refractivity contribution in [3.8, 4) is 72.8 Å². The van der Waals surface area contributed by atoms with E-state index in [1.165, 1.54) is 60.8 Å². The minimum Gasteiger partial charge on any atom is -0.192 e. The first kappa shape index (κ1) is 24.1. The third-order valence-corrected chi connectivity index (χ3v) is 8.51. The van der Waals surface area contributed by atoms with E-state index < -0.39 is 0 Å². The van der Waals surface area contributed by atoms with Gasteiger partial charge in [-0.25, -0.2) is 0 Å². The van der Waals surface area contributed by atoms with E-state index in [1.807, 2.05) is 24.3 Å². The van der Waals surface area contributed by atoms with Crippen LogP contribution in [0.25, 0.3) is 77.5 Å². The molecule has 0 bridgehead atoms. The molecule has 0 atom stereocenters. The van der Waals surface area contributed by atoms with Crippen LogP contribution in [-0.2, 0) is 0 Å². The number of hydrogen-bond donors (Lipinski definition) is 0. The third kappa shape index (κ3) is 3.63. The first-order valence-electron chi connectivity index (χ1n) is 14.3. The molecule has 0 saturated carbocycles. The standard InChI is InChI=1S/C41H25N/c42-26-29-16-7-8-17-30(29)33-18-9-10-19-34(33)35-24-25-38-39-36(35)20-11-21-37(39)40-31(27-12-3-1-4-13-27)22-23-32(41(38)40)28-14-5-2-6-15-28/h1-25H. The SMILES string of the molecule is N#Cc1ccccc1-c1ccccc1-c1ccc2c3c(cccc13)-c1c(-c3ccccc3)ccc(-c3ccccc3)c1-2. The molecule has 0 heterocycles. The van der Waals surface area contributed by atoms with Gasteiger partial charge < -0.3 is 0 Å². The van der Waals surface area contributed by atoms with Crippen LogP contribution in [0.5, 0.6) is 0 Å². The summed E-state index contributed by atoms with van der Waals surface area (Å²) in [7, 11) is 0. The Hall–Kier alpha value is -5.71. The minimum atomic E-state index is 0.684. The summed E-state index contributed by atoms with van der Waals surface area (Å²) in [6.07, 6.45) is 0. The zero-order valence-corrected chi connectivity index (χ0v) is 22.9. The lowest BCUT2D eigenvalue weighted by atomic mass is 9.87. The van der Waals surface area contributed by atoms with Gasteiger partial charge in [0.1, 0.15) is 0 Å². The highest BCUT2D eigenvalue weighted by Gasteiger charge is 2.28. The van der Waals surface area contributed by atoms with Crippen molar-refractivity contribution in [2.45, 2.75) is 0 Å². The molecule has 0 N–H and O–H groups in total. The Labute approximate surface area is 245 Å². The number of rotatable bonds is 4. The fourth-order valence-electron chi connectivity index (χ4n) is 6.71. The van der Waals surface area contributed by atoms with Crippen LogP contribution in [-0.4, -0.2) is 0 Å². The topological polar surface area (TPSA) is 23.8 Å². The predicted molar refractivity (Wildman–Crippen MR) is 175 cm³/mol. The minimum absolute atomic E-state index is 0.684. The molecule has 42 heavy (non-hydrogen) atoms. The number of hydrogen-bond acceptors (Lipinski definition) is 1. The maximum atomic E-state index is 9.88. The highest BCUT2D eigenvalue weighted by Crippen LogP contribution is 2.56. The lowest BCUT2D eigenvalue weighted by Gasteiger charge is -2.16. The van der Waals surface area contributed by atoms with Crippen LogP contribution in [0.4, 0.5) is 0 Å². The molecule has 7 aromatic rings. The zero-order chi connectivity index (χ0) is 28.0. The molecule has 1 aliphatic rings. The molecule has 1 heteroatoms. The average molecular weight is 532 g/mol. The van der Waals surface area contributed by atoms with Crippen molar-refractivity contribution in [2.75, 3.05) is 0 Å². The molecule has 0 fully saturated rings. The number of nitrogens with zero attached hydrogens (tertiary/aromatic N) is 1. The highest BCUT2D eigenvalue weighted by molar-refractivity contribution is 6.23. The molecule has 0 saturated heterocycles. The molecule has 0 spiro atoms. The Morgan fingerprint density at radius 1 is 0.333 bits per heavy atom. The Morgan fingerprint density at radius 3 is 1.40 bits per heavy atom. The van der Waals surface area contributed by atoms with E-state index in [4.69, 9.17) is 0 Å². The first-order valence-corrected chi connectivity index (χ1v) is 14.3. The second-order valence-electron chi connectivity index (χ2n) is 10.7. The normalized spacial score (nSPS) is 11.3. The number of nitriles is 1. The summed E-state index contributed by atoms with van der Waals surface area (Å²) in [4.78, 5) is 0. The number of fused-ring (bicyclic) bond motifs is 3. The van der Waals surface area contributed by atoms with Gasteiger partial charge in [0.25, 0.3) is 0 Å². The van der Waals surface area contributed by atoms with E-state index in [1.54, 1.807) is 0 Å². The molecule has 194 valence electrons. The fourth-order valence-corrected chi connectivity index (χ4v) is 6.71. The van der Waals surface area contributed by atoms with Crippen molar-refractivity contribution < 1.29 is 0 Å². The predicted octanol–water partition coefficient (Wildman–Crippen LogP) is 11.0. The van der Waals surface area contributed by atoms with Gasteiger partial charge in [-0.1, -0.05) is 146 Å². The van der Waals surface area contributed by atoms with Crippen LogP contribution in [0.15, 0.2) is 152 Å². The Balaban J connectivity index is 1.44. The van der Waals surface area contributed by atoms with Gasteiger partial charge in [-0.3, -0.25) is 0 Å². The highest BCUT2D eigenvalue weighted by atomic mass is 14.3. The Bertz CT molecular complexity index is 2110. The second kappa shape index (κ2) is 9.73. The van der Waals surface area contributed by atoms with Gasteiger partial charge in [0.15, 0.2) is 0 Å². The van der Waals surface area contributed by atoms with Gasteiger partial charge >= 0.3 is 0 Å². The average Bonchev–Trinajstić information content (AvgIpc) is 3.41. The van der Waals surface area contributed by atoms with Crippen LogP contribution in [0.1, 0.15) is 5.56 Å². The van der Waals surface area contributed by atoms with Crippen LogP contribution in [0.3, 0.4) is 0 Å². The summed E-state index contributed by atoms with van der Waals surface area (Å²) < 4.78 is 0. The van der Waals surface area contributed by atoms with Crippen molar-refractivity contribution in [1.82, 2.24) is 0 Å². The van der Waals surface area contributed by atoms with Crippen LogP contribution >= 0.6 is 0 Å². The molecular formula is C41H25N. The van der Waals surface area contributed by atoms with Gasteiger partial charge in [-0.15, -0.1) is 0 Å². The van der Waals surface area contributed by atoms with Gasteiger partial charge in [0.05, 0.1) is 11.6 Å². The molecule has 8 rings (SSSR count). The van der Waals surface area contributed by atoms with Gasteiger partial charge in [0, 0.05) is 5.56 Å². The van der Waals surface area contributed by atoms with E-state index in [9.17, 15) is 5.26 Å². The molecule has 1 nitrogen and oxygen atoms in total. The van der Waals surface area contributed by atoms with Crippen molar-refractivity contribution >= 4 is 10.8 Å². The van der Waals surface area contributed by atoms with Gasteiger partial charge in [0.2, 0.25) is 0 Å². The van der Waals surface area contributed by atoms with E-state index in [2.05, 4.69) is 133 Å². The molecule has 0 aromatic heterocycles. The summed E-state index contributed by atoms with van der Waals surface area (Å²) in [5, 5.41) is 12.4. The molecule has 1 aliphatic carbocycles. The van der Waals surface area contributed by atoms with Crippen LogP contribution in [0, 0.1) is 11.3 Å². The van der Waals surface area contributed by atoms with Crippen LogP contribution in [0.2, 0.25) is 0 Å². The summed E-state index contributed by atoms with van der Waals surface area (Å²) in [5.41, 5.74) is 15.1. The maximum absolute atomic E-state index is 9.88. The monoisotopic (exact) mass is 531 g/mol. The summed E-state index contributed by atoms with van der Waals surface area (Å²) in [6.45, 7) is 0. The smallest absolute Gasteiger partial charge is 0.0998 e. The third-order valence-electron chi connectivity index (χ3n) is 8.51. The zero-order valence-electron chi connectivity index (χ0n) is 22.9. The summed E-state index contributed by atoms with van der Waals surface area (Å²) in [5.74, 6) is 0. The largest absolute Gasteiger partial charge is 0.192 e. The molecule has 0 radical (unpaired) electrons. The van der Waals surface area contributed by atoms with Crippen molar-refractivity contribution in [1.29, 1.82) is 5.26 Å².